The number of ether oxygens (including phenoxy) is 1. The molecule has 0 saturated heterocycles. The summed E-state index contributed by atoms with van der Waals surface area (Å²) in [7, 11) is 0. The Kier molecular flexibility index (Phi) is 3.93. The molecule has 2 N–H and O–H groups in total. The average Bonchev–Trinajstić information content (AvgIpc) is 2.38. The highest BCUT2D eigenvalue weighted by Gasteiger charge is 2.19. The molecular weight excluding hydrogens is 256 g/mol. The summed E-state index contributed by atoms with van der Waals surface area (Å²) in [5, 5.41) is 0. The first-order valence-corrected chi connectivity index (χ1v) is 6.27. The van der Waals surface area contributed by atoms with Crippen molar-refractivity contribution in [3.8, 4) is 11.5 Å². The first kappa shape index (κ1) is 13.9. The summed E-state index contributed by atoms with van der Waals surface area (Å²) in [4.78, 5) is 24.5. The fraction of sp³-hybridized carbons (Fsp3) is 0.286. The van der Waals surface area contributed by atoms with Gasteiger partial charge in [-0.15, -0.1) is 0 Å². The van der Waals surface area contributed by atoms with E-state index in [0.29, 0.717) is 17.2 Å². The molecule has 0 atom stereocenters. The second-order valence-corrected chi connectivity index (χ2v) is 4.28. The fourth-order valence-corrected chi connectivity index (χ4v) is 1.88. The minimum atomic E-state index is -0.508. The molecule has 0 spiro atoms. The van der Waals surface area contributed by atoms with Crippen LogP contribution in [0.15, 0.2) is 18.3 Å². The van der Waals surface area contributed by atoms with Crippen LogP contribution in [-0.2, 0) is 4.74 Å². The molecule has 2 aromatic heterocycles. The third-order valence-corrected chi connectivity index (χ3v) is 2.82. The van der Waals surface area contributed by atoms with Crippen molar-refractivity contribution in [2.45, 2.75) is 20.8 Å². The minimum Gasteiger partial charge on any atom is -0.462 e. The normalized spacial score (nSPS) is 10.3. The lowest BCUT2D eigenvalue weighted by atomic mass is 10.2. The van der Waals surface area contributed by atoms with E-state index in [1.165, 1.54) is 0 Å². The lowest BCUT2D eigenvalue weighted by Gasteiger charge is -2.10. The van der Waals surface area contributed by atoms with Crippen molar-refractivity contribution < 1.29 is 9.53 Å². The highest BCUT2D eigenvalue weighted by molar-refractivity contribution is 5.95. The van der Waals surface area contributed by atoms with Crippen LogP contribution in [0, 0.1) is 13.8 Å². The summed E-state index contributed by atoms with van der Waals surface area (Å²) in [6.45, 7) is 5.62. The van der Waals surface area contributed by atoms with E-state index in [9.17, 15) is 4.79 Å². The Bertz CT molecular complexity index is 632. The van der Waals surface area contributed by atoms with Gasteiger partial charge in [0.25, 0.3) is 0 Å². The summed E-state index contributed by atoms with van der Waals surface area (Å²) in [5.41, 5.74) is 8.15. The number of nitrogens with two attached hydrogens (primary N) is 1. The first-order valence-electron chi connectivity index (χ1n) is 6.27. The van der Waals surface area contributed by atoms with Gasteiger partial charge in [0.05, 0.1) is 12.3 Å². The predicted molar refractivity (Wildman–Crippen MR) is 75.1 cm³/mol. The van der Waals surface area contributed by atoms with Gasteiger partial charge in [-0.3, -0.25) is 4.98 Å². The molecule has 0 amide bonds. The fourth-order valence-electron chi connectivity index (χ4n) is 1.88. The topological polar surface area (TPSA) is 91.0 Å². The van der Waals surface area contributed by atoms with Gasteiger partial charge < -0.3 is 10.5 Å². The molecule has 20 heavy (non-hydrogen) atoms. The van der Waals surface area contributed by atoms with Crippen molar-refractivity contribution in [3.63, 3.8) is 0 Å². The Balaban J connectivity index is 2.51. The third-order valence-electron chi connectivity index (χ3n) is 2.82. The number of anilines is 1. The highest BCUT2D eigenvalue weighted by atomic mass is 16.5. The lowest BCUT2D eigenvalue weighted by molar-refractivity contribution is 0.0526. The van der Waals surface area contributed by atoms with E-state index < -0.39 is 5.97 Å². The third kappa shape index (κ3) is 2.59. The molecule has 0 bridgehead atoms. The molecule has 6 heteroatoms. The Hall–Kier alpha value is -2.50. The number of nitrogens with zero attached hydrogens (tertiary/aromatic N) is 3. The average molecular weight is 272 g/mol. The van der Waals surface area contributed by atoms with Crippen LogP contribution in [0.4, 0.5) is 5.82 Å². The Labute approximate surface area is 117 Å². The van der Waals surface area contributed by atoms with Gasteiger partial charge in [-0.2, -0.15) is 0 Å². The van der Waals surface area contributed by atoms with E-state index >= 15 is 0 Å². The molecule has 2 heterocycles. The number of esters is 1. The molecule has 104 valence electrons. The van der Waals surface area contributed by atoms with Crippen molar-refractivity contribution in [3.05, 3.63) is 35.2 Å². The molecule has 2 aromatic rings. The molecule has 2 rings (SSSR count). The molecule has 0 aliphatic carbocycles. The number of pyridine rings is 1. The highest BCUT2D eigenvalue weighted by Crippen LogP contribution is 2.21. The van der Waals surface area contributed by atoms with Gasteiger partial charge in [0.1, 0.15) is 17.1 Å². The molecule has 0 aliphatic rings. The van der Waals surface area contributed by atoms with Crippen LogP contribution in [0.2, 0.25) is 0 Å². The number of aryl methyl sites for hydroxylation is 2. The number of rotatable bonds is 3. The van der Waals surface area contributed by atoms with Gasteiger partial charge in [-0.25, -0.2) is 14.8 Å². The summed E-state index contributed by atoms with van der Waals surface area (Å²) in [6, 6.07) is 3.75. The largest absolute Gasteiger partial charge is 0.462 e. The quantitative estimate of drug-likeness (QED) is 0.858. The second-order valence-electron chi connectivity index (χ2n) is 4.28. The van der Waals surface area contributed by atoms with Crippen molar-refractivity contribution in [2.75, 3.05) is 12.3 Å². The molecule has 0 saturated carbocycles. The zero-order valence-electron chi connectivity index (χ0n) is 11.7. The van der Waals surface area contributed by atoms with Gasteiger partial charge in [-0.05, 0) is 32.4 Å². The van der Waals surface area contributed by atoms with E-state index in [4.69, 9.17) is 10.5 Å². The smallest absolute Gasteiger partial charge is 0.343 e. The van der Waals surface area contributed by atoms with Crippen LogP contribution in [0.3, 0.4) is 0 Å². The summed E-state index contributed by atoms with van der Waals surface area (Å²) >= 11 is 0. The number of hydrogen-bond acceptors (Lipinski definition) is 6. The zero-order valence-corrected chi connectivity index (χ0v) is 11.7. The summed E-state index contributed by atoms with van der Waals surface area (Å²) in [5.74, 6) is 0.00828. The molecule has 0 aromatic carbocycles. The van der Waals surface area contributed by atoms with Crippen LogP contribution in [0.1, 0.15) is 28.5 Å². The number of carbonyl (C=O) groups excluding carboxylic acids is 1. The second kappa shape index (κ2) is 5.64. The van der Waals surface area contributed by atoms with Crippen LogP contribution in [0.5, 0.6) is 0 Å². The van der Waals surface area contributed by atoms with Crippen molar-refractivity contribution in [2.24, 2.45) is 0 Å². The van der Waals surface area contributed by atoms with Gasteiger partial charge >= 0.3 is 5.97 Å². The SMILES string of the molecule is CCOC(=O)c1c(C)nc(-c2ncccc2C)nc1N. The Morgan fingerprint density at radius 3 is 2.70 bits per heavy atom. The number of aromatic nitrogens is 3. The van der Waals surface area contributed by atoms with Crippen molar-refractivity contribution in [1.29, 1.82) is 0 Å². The first-order chi connectivity index (χ1) is 9.54. The summed E-state index contributed by atoms with van der Waals surface area (Å²) in [6.07, 6.45) is 1.66. The molecule has 0 aliphatic heterocycles. The molecule has 0 fully saturated rings. The van der Waals surface area contributed by atoms with Crippen LogP contribution in [0.25, 0.3) is 11.5 Å². The Morgan fingerprint density at radius 1 is 1.35 bits per heavy atom. The van der Waals surface area contributed by atoms with E-state index in [2.05, 4.69) is 15.0 Å². The van der Waals surface area contributed by atoms with E-state index in [1.807, 2.05) is 19.1 Å². The van der Waals surface area contributed by atoms with Crippen molar-refractivity contribution >= 4 is 11.8 Å². The van der Waals surface area contributed by atoms with E-state index in [-0.39, 0.29) is 18.0 Å². The monoisotopic (exact) mass is 272 g/mol. The van der Waals surface area contributed by atoms with Crippen LogP contribution >= 0.6 is 0 Å². The number of nitrogen functional groups attached to an aromatic ring is 1. The predicted octanol–water partition coefficient (Wildman–Crippen LogP) is 1.91. The standard InChI is InChI=1S/C14H16N4O2/c1-4-20-14(19)10-9(3)17-13(18-12(10)15)11-8(2)6-5-7-16-11/h5-7H,4H2,1-3H3,(H2,15,17,18). The van der Waals surface area contributed by atoms with Gasteiger partial charge in [-0.1, -0.05) is 6.07 Å². The molecular formula is C14H16N4O2. The molecule has 0 radical (unpaired) electrons. The van der Waals surface area contributed by atoms with E-state index in [1.54, 1.807) is 20.0 Å². The van der Waals surface area contributed by atoms with Crippen molar-refractivity contribution in [1.82, 2.24) is 15.0 Å². The Morgan fingerprint density at radius 2 is 2.10 bits per heavy atom. The number of carbonyl (C=O) groups is 1. The van der Waals surface area contributed by atoms with Crippen LogP contribution < -0.4 is 5.73 Å². The molecule has 6 nitrogen and oxygen atoms in total. The maximum atomic E-state index is 11.8. The maximum absolute atomic E-state index is 11.8. The lowest BCUT2D eigenvalue weighted by Crippen LogP contribution is -2.14. The van der Waals surface area contributed by atoms with Gasteiger partial charge in [0.15, 0.2) is 5.82 Å². The van der Waals surface area contributed by atoms with E-state index in [0.717, 1.165) is 5.56 Å². The molecule has 0 unspecified atom stereocenters. The van der Waals surface area contributed by atoms with Crippen LogP contribution in [-0.4, -0.2) is 27.5 Å². The summed E-state index contributed by atoms with van der Waals surface area (Å²) < 4.78 is 4.94. The minimum absolute atomic E-state index is 0.107. The zero-order chi connectivity index (χ0) is 14.7. The van der Waals surface area contributed by atoms with Gasteiger partial charge in [0.2, 0.25) is 0 Å². The maximum Gasteiger partial charge on any atom is 0.343 e. The number of hydrogen-bond donors (Lipinski definition) is 1. The van der Waals surface area contributed by atoms with Gasteiger partial charge in [0, 0.05) is 6.20 Å².